The minimum absolute atomic E-state index is 0.353. The van der Waals surface area contributed by atoms with Crippen molar-refractivity contribution in [2.24, 2.45) is 0 Å². The minimum atomic E-state index is 0.353. The first kappa shape index (κ1) is 12.1. The molecule has 0 amide bonds. The monoisotopic (exact) mass is 251 g/mol. The van der Waals surface area contributed by atoms with Crippen LogP contribution in [0.25, 0.3) is 0 Å². The topological polar surface area (TPSA) is 60.2 Å². The van der Waals surface area contributed by atoms with E-state index >= 15 is 0 Å². The number of hydrogen-bond acceptors (Lipinski definition) is 5. The maximum Gasteiger partial charge on any atom is 0.252 e. The molecule has 5 heteroatoms. The van der Waals surface area contributed by atoms with E-state index < -0.39 is 0 Å². The van der Waals surface area contributed by atoms with Gasteiger partial charge in [0.2, 0.25) is 0 Å². The van der Waals surface area contributed by atoms with Crippen molar-refractivity contribution in [2.45, 2.75) is 63.2 Å². The van der Waals surface area contributed by atoms with E-state index in [1.165, 1.54) is 25.7 Å². The molecular weight excluding hydrogens is 230 g/mol. The quantitative estimate of drug-likeness (QED) is 0.867. The van der Waals surface area contributed by atoms with Gasteiger partial charge in [-0.2, -0.15) is 4.98 Å². The molecule has 0 saturated heterocycles. The predicted molar refractivity (Wildman–Crippen MR) is 66.2 cm³/mol. The van der Waals surface area contributed by atoms with Crippen LogP contribution in [0, 0.1) is 0 Å². The fraction of sp³-hybridized carbons (Fsp3) is 0.846. The van der Waals surface area contributed by atoms with E-state index in [0.29, 0.717) is 30.6 Å². The summed E-state index contributed by atoms with van der Waals surface area (Å²) in [5.74, 6) is 2.05. The Balaban J connectivity index is 1.43. The number of ether oxygens (including phenoxy) is 1. The molecular formula is C13H21N3O2. The maximum absolute atomic E-state index is 5.85. The van der Waals surface area contributed by atoms with Crippen LogP contribution in [0.3, 0.4) is 0 Å². The van der Waals surface area contributed by atoms with Crippen LogP contribution in [-0.4, -0.2) is 29.3 Å². The molecule has 1 heterocycles. The molecule has 100 valence electrons. The summed E-state index contributed by atoms with van der Waals surface area (Å²) in [7, 11) is 2.03. The van der Waals surface area contributed by atoms with E-state index in [4.69, 9.17) is 9.26 Å². The lowest BCUT2D eigenvalue weighted by molar-refractivity contribution is 0.000207. The smallest absolute Gasteiger partial charge is 0.252 e. The highest BCUT2D eigenvalue weighted by atomic mass is 16.5. The summed E-state index contributed by atoms with van der Waals surface area (Å²) in [6.07, 6.45) is 7.38. The van der Waals surface area contributed by atoms with Crippen LogP contribution in [-0.2, 0) is 11.3 Å². The summed E-state index contributed by atoms with van der Waals surface area (Å²) in [4.78, 5) is 4.37. The lowest BCUT2D eigenvalue weighted by Crippen LogP contribution is -2.32. The maximum atomic E-state index is 5.85. The van der Waals surface area contributed by atoms with E-state index in [-0.39, 0.29) is 0 Å². The Hall–Kier alpha value is -0.940. The van der Waals surface area contributed by atoms with Crippen LogP contribution in [0.1, 0.15) is 56.2 Å². The molecule has 0 aromatic carbocycles. The Morgan fingerprint density at radius 3 is 2.67 bits per heavy atom. The highest BCUT2D eigenvalue weighted by Crippen LogP contribution is 2.38. The molecule has 1 aromatic heterocycles. The second kappa shape index (κ2) is 5.36. The first-order valence-electron chi connectivity index (χ1n) is 6.96. The van der Waals surface area contributed by atoms with Gasteiger partial charge in [-0.15, -0.1) is 0 Å². The standard InChI is InChI=1S/C13H21N3O2/c1-14-10-4-6-11(7-5-10)17-8-12-15-13(16-18-12)9-2-3-9/h9-11,14H,2-8H2,1H3. The molecule has 5 nitrogen and oxygen atoms in total. The van der Waals surface area contributed by atoms with Crippen molar-refractivity contribution >= 4 is 0 Å². The van der Waals surface area contributed by atoms with Crippen LogP contribution >= 0.6 is 0 Å². The number of nitrogens with one attached hydrogen (secondary N) is 1. The van der Waals surface area contributed by atoms with E-state index in [2.05, 4.69) is 15.5 Å². The molecule has 2 aliphatic carbocycles. The highest BCUT2D eigenvalue weighted by molar-refractivity contribution is 5.02. The Morgan fingerprint density at radius 2 is 2.00 bits per heavy atom. The fourth-order valence-corrected chi connectivity index (χ4v) is 2.54. The highest BCUT2D eigenvalue weighted by Gasteiger charge is 2.29. The summed E-state index contributed by atoms with van der Waals surface area (Å²) in [6, 6.07) is 0.662. The molecule has 0 radical (unpaired) electrons. The first-order chi connectivity index (χ1) is 8.85. The third-order valence-corrected chi connectivity index (χ3v) is 3.95. The molecule has 18 heavy (non-hydrogen) atoms. The van der Waals surface area contributed by atoms with Crippen LogP contribution in [0.4, 0.5) is 0 Å². The SMILES string of the molecule is CNC1CCC(OCc2nc(C3CC3)no2)CC1. The van der Waals surface area contributed by atoms with Crippen molar-refractivity contribution in [3.63, 3.8) is 0 Å². The van der Waals surface area contributed by atoms with Gasteiger partial charge >= 0.3 is 0 Å². The minimum Gasteiger partial charge on any atom is -0.368 e. The molecule has 2 aliphatic rings. The Labute approximate surface area is 107 Å². The summed E-state index contributed by atoms with van der Waals surface area (Å²) >= 11 is 0. The number of hydrogen-bond donors (Lipinski definition) is 1. The van der Waals surface area contributed by atoms with Crippen molar-refractivity contribution in [1.29, 1.82) is 0 Å². The largest absolute Gasteiger partial charge is 0.368 e. The molecule has 2 fully saturated rings. The summed E-state index contributed by atoms with van der Waals surface area (Å²) in [5, 5.41) is 7.32. The average molecular weight is 251 g/mol. The number of rotatable bonds is 5. The summed E-state index contributed by atoms with van der Waals surface area (Å²) < 4.78 is 11.1. The van der Waals surface area contributed by atoms with Crippen molar-refractivity contribution in [1.82, 2.24) is 15.5 Å². The molecule has 1 aromatic rings. The zero-order chi connectivity index (χ0) is 12.4. The van der Waals surface area contributed by atoms with Gasteiger partial charge in [-0.1, -0.05) is 5.16 Å². The summed E-state index contributed by atoms with van der Waals surface area (Å²) in [6.45, 7) is 0.467. The Bertz CT molecular complexity index is 381. The van der Waals surface area contributed by atoms with Crippen LogP contribution in [0.15, 0.2) is 4.52 Å². The first-order valence-corrected chi connectivity index (χ1v) is 6.96. The van der Waals surface area contributed by atoms with Crippen LogP contribution in [0.2, 0.25) is 0 Å². The van der Waals surface area contributed by atoms with Crippen molar-refractivity contribution in [3.8, 4) is 0 Å². The third-order valence-electron chi connectivity index (χ3n) is 3.95. The molecule has 0 aliphatic heterocycles. The molecule has 2 saturated carbocycles. The summed E-state index contributed by atoms with van der Waals surface area (Å²) in [5.41, 5.74) is 0. The van der Waals surface area contributed by atoms with Crippen molar-refractivity contribution in [3.05, 3.63) is 11.7 Å². The lowest BCUT2D eigenvalue weighted by Gasteiger charge is -2.27. The van der Waals surface area contributed by atoms with E-state index in [9.17, 15) is 0 Å². The van der Waals surface area contributed by atoms with Gasteiger partial charge in [0.1, 0.15) is 6.61 Å². The Morgan fingerprint density at radius 1 is 1.22 bits per heavy atom. The lowest BCUT2D eigenvalue weighted by atomic mass is 9.93. The van der Waals surface area contributed by atoms with Gasteiger partial charge in [-0.25, -0.2) is 0 Å². The molecule has 1 N–H and O–H groups in total. The predicted octanol–water partition coefficient (Wildman–Crippen LogP) is 1.99. The van der Waals surface area contributed by atoms with Gasteiger partial charge in [0.05, 0.1) is 6.10 Å². The molecule has 0 atom stereocenters. The van der Waals surface area contributed by atoms with E-state index in [1.54, 1.807) is 0 Å². The van der Waals surface area contributed by atoms with Crippen LogP contribution in [0.5, 0.6) is 0 Å². The van der Waals surface area contributed by atoms with Crippen molar-refractivity contribution in [2.75, 3.05) is 7.05 Å². The number of aromatic nitrogens is 2. The number of nitrogens with zero attached hydrogens (tertiary/aromatic N) is 2. The van der Waals surface area contributed by atoms with Gasteiger partial charge in [0, 0.05) is 12.0 Å². The van der Waals surface area contributed by atoms with Crippen LogP contribution < -0.4 is 5.32 Å². The van der Waals surface area contributed by atoms with Gasteiger partial charge < -0.3 is 14.6 Å². The van der Waals surface area contributed by atoms with Crippen molar-refractivity contribution < 1.29 is 9.26 Å². The Kier molecular flexibility index (Phi) is 3.61. The van der Waals surface area contributed by atoms with Gasteiger partial charge in [0.15, 0.2) is 5.82 Å². The fourth-order valence-electron chi connectivity index (χ4n) is 2.54. The molecule has 0 unspecified atom stereocenters. The second-order valence-corrected chi connectivity index (χ2v) is 5.39. The normalized spacial score (nSPS) is 28.5. The van der Waals surface area contributed by atoms with Gasteiger partial charge in [0.25, 0.3) is 5.89 Å². The zero-order valence-corrected chi connectivity index (χ0v) is 10.9. The molecule has 0 spiro atoms. The van der Waals surface area contributed by atoms with Gasteiger partial charge in [-0.3, -0.25) is 0 Å². The van der Waals surface area contributed by atoms with E-state index in [0.717, 1.165) is 18.7 Å². The molecule has 3 rings (SSSR count). The molecule has 0 bridgehead atoms. The average Bonchev–Trinajstić information content (AvgIpc) is 3.16. The van der Waals surface area contributed by atoms with E-state index in [1.807, 2.05) is 7.05 Å². The zero-order valence-electron chi connectivity index (χ0n) is 10.9. The van der Waals surface area contributed by atoms with Gasteiger partial charge in [-0.05, 0) is 45.6 Å². The third kappa shape index (κ3) is 2.90. The second-order valence-electron chi connectivity index (χ2n) is 5.39.